The van der Waals surface area contributed by atoms with Gasteiger partial charge >= 0.3 is 0 Å². The molecule has 84 valence electrons. The molecule has 1 heterocycles. The van der Waals surface area contributed by atoms with Crippen LogP contribution in [0.1, 0.15) is 24.9 Å². The molecule has 3 rings (SSSR count). The van der Waals surface area contributed by atoms with E-state index in [2.05, 4.69) is 48.9 Å². The first kappa shape index (κ1) is 10.3. The lowest BCUT2D eigenvalue weighted by atomic mass is 10.0. The topological polar surface area (TPSA) is 12.0 Å². The molecule has 0 saturated heterocycles. The largest absolute Gasteiger partial charge is 0.313 e. The zero-order valence-electron chi connectivity index (χ0n) is 9.73. The van der Waals surface area contributed by atoms with Gasteiger partial charge < -0.3 is 5.32 Å². The van der Waals surface area contributed by atoms with Crippen molar-refractivity contribution in [3.05, 3.63) is 35.2 Å². The van der Waals surface area contributed by atoms with Crippen molar-refractivity contribution in [3.8, 4) is 0 Å². The minimum Gasteiger partial charge on any atom is -0.313 e. The Morgan fingerprint density at radius 3 is 2.81 bits per heavy atom. The van der Waals surface area contributed by atoms with Gasteiger partial charge in [-0.1, -0.05) is 25.1 Å². The summed E-state index contributed by atoms with van der Waals surface area (Å²) >= 11 is 1.86. The Hall–Kier alpha value is -0.860. The number of thiophene rings is 1. The Labute approximate surface area is 100 Å². The van der Waals surface area contributed by atoms with Crippen molar-refractivity contribution >= 4 is 21.4 Å². The van der Waals surface area contributed by atoms with Gasteiger partial charge in [0.2, 0.25) is 0 Å². The van der Waals surface area contributed by atoms with Gasteiger partial charge in [0.05, 0.1) is 0 Å². The molecular weight excluding hydrogens is 214 g/mol. The van der Waals surface area contributed by atoms with Crippen molar-refractivity contribution in [1.82, 2.24) is 5.32 Å². The predicted octanol–water partition coefficient (Wildman–Crippen LogP) is 3.82. The second-order valence-corrected chi connectivity index (χ2v) is 5.74. The Morgan fingerprint density at radius 2 is 2.12 bits per heavy atom. The summed E-state index contributed by atoms with van der Waals surface area (Å²) in [7, 11) is 2.09. The average molecular weight is 231 g/mol. The number of rotatable bonds is 3. The van der Waals surface area contributed by atoms with Crippen molar-refractivity contribution in [1.29, 1.82) is 0 Å². The molecule has 1 aromatic carbocycles. The van der Waals surface area contributed by atoms with Crippen LogP contribution in [-0.2, 0) is 0 Å². The van der Waals surface area contributed by atoms with Gasteiger partial charge in [-0.2, -0.15) is 0 Å². The molecule has 1 saturated carbocycles. The van der Waals surface area contributed by atoms with E-state index >= 15 is 0 Å². The first-order valence-electron chi connectivity index (χ1n) is 5.94. The van der Waals surface area contributed by atoms with Crippen LogP contribution in [0, 0.1) is 11.8 Å². The molecule has 1 N–H and O–H groups in total. The normalized spacial score (nSPS) is 25.9. The number of benzene rings is 1. The molecule has 0 aliphatic heterocycles. The van der Waals surface area contributed by atoms with Crippen molar-refractivity contribution in [3.63, 3.8) is 0 Å². The SMILES string of the molecule is CN[C@H](c1csc2ccccc12)[C@H]1C[C@@H]1C. The maximum absolute atomic E-state index is 3.50. The average Bonchev–Trinajstić information content (AvgIpc) is 2.88. The fourth-order valence-electron chi connectivity index (χ4n) is 2.65. The van der Waals surface area contributed by atoms with E-state index in [1.165, 1.54) is 22.1 Å². The van der Waals surface area contributed by atoms with Crippen molar-refractivity contribution in [2.75, 3.05) is 7.05 Å². The van der Waals surface area contributed by atoms with Gasteiger partial charge in [-0.25, -0.2) is 0 Å². The second-order valence-electron chi connectivity index (χ2n) is 4.83. The molecule has 0 spiro atoms. The van der Waals surface area contributed by atoms with Crippen LogP contribution in [0.3, 0.4) is 0 Å². The van der Waals surface area contributed by atoms with Crippen molar-refractivity contribution in [2.45, 2.75) is 19.4 Å². The van der Waals surface area contributed by atoms with Crippen LogP contribution in [0.25, 0.3) is 10.1 Å². The molecule has 0 radical (unpaired) electrons. The van der Waals surface area contributed by atoms with E-state index in [9.17, 15) is 0 Å². The molecule has 2 aromatic rings. The Balaban J connectivity index is 2.03. The third kappa shape index (κ3) is 1.57. The molecule has 0 unspecified atom stereocenters. The Bertz CT molecular complexity index is 502. The van der Waals surface area contributed by atoms with E-state index in [4.69, 9.17) is 0 Å². The van der Waals surface area contributed by atoms with Crippen LogP contribution in [0.4, 0.5) is 0 Å². The van der Waals surface area contributed by atoms with Gasteiger partial charge in [-0.3, -0.25) is 0 Å². The minimum atomic E-state index is 0.547. The summed E-state index contributed by atoms with van der Waals surface area (Å²) in [6.45, 7) is 2.35. The molecule has 0 bridgehead atoms. The highest BCUT2D eigenvalue weighted by Gasteiger charge is 2.40. The van der Waals surface area contributed by atoms with Gasteiger partial charge in [0.1, 0.15) is 0 Å². The van der Waals surface area contributed by atoms with E-state index in [1.54, 1.807) is 0 Å². The Morgan fingerprint density at radius 1 is 1.38 bits per heavy atom. The predicted molar refractivity (Wildman–Crippen MR) is 70.9 cm³/mol. The molecule has 1 fully saturated rings. The smallest absolute Gasteiger partial charge is 0.0363 e. The molecule has 3 atom stereocenters. The van der Waals surface area contributed by atoms with E-state index < -0.39 is 0 Å². The van der Waals surface area contributed by atoms with Crippen LogP contribution in [0.2, 0.25) is 0 Å². The summed E-state index contributed by atoms with van der Waals surface area (Å²) in [5.74, 6) is 1.72. The molecule has 16 heavy (non-hydrogen) atoms. The summed E-state index contributed by atoms with van der Waals surface area (Å²) in [5.41, 5.74) is 1.50. The summed E-state index contributed by atoms with van der Waals surface area (Å²) in [5, 5.41) is 7.26. The highest BCUT2D eigenvalue weighted by molar-refractivity contribution is 7.17. The zero-order valence-corrected chi connectivity index (χ0v) is 10.6. The van der Waals surface area contributed by atoms with Gasteiger partial charge in [-0.15, -0.1) is 11.3 Å². The number of nitrogens with one attached hydrogen (secondary N) is 1. The quantitative estimate of drug-likeness (QED) is 0.847. The van der Waals surface area contributed by atoms with Crippen LogP contribution in [-0.4, -0.2) is 7.05 Å². The van der Waals surface area contributed by atoms with Gasteiger partial charge in [-0.05, 0) is 47.7 Å². The van der Waals surface area contributed by atoms with E-state index in [1.807, 2.05) is 11.3 Å². The zero-order chi connectivity index (χ0) is 11.1. The van der Waals surface area contributed by atoms with Crippen molar-refractivity contribution < 1.29 is 0 Å². The first-order valence-corrected chi connectivity index (χ1v) is 6.82. The summed E-state index contributed by atoms with van der Waals surface area (Å²) in [4.78, 5) is 0. The molecule has 1 nitrogen and oxygen atoms in total. The summed E-state index contributed by atoms with van der Waals surface area (Å²) < 4.78 is 1.41. The van der Waals surface area contributed by atoms with E-state index in [0.29, 0.717) is 6.04 Å². The molecule has 1 aliphatic rings. The summed E-state index contributed by atoms with van der Waals surface area (Å²) in [6.07, 6.45) is 1.37. The van der Waals surface area contributed by atoms with Crippen LogP contribution >= 0.6 is 11.3 Å². The summed E-state index contributed by atoms with van der Waals surface area (Å²) in [6, 6.07) is 9.27. The number of fused-ring (bicyclic) bond motifs is 1. The van der Waals surface area contributed by atoms with Crippen LogP contribution in [0.15, 0.2) is 29.6 Å². The number of hydrogen-bond acceptors (Lipinski definition) is 2. The standard InChI is InChI=1S/C14H17NS/c1-9-7-11(9)14(15-2)12-8-16-13-6-4-3-5-10(12)13/h3-6,8-9,11,14-15H,7H2,1-2H3/t9-,11-,14-/m0/s1. The van der Waals surface area contributed by atoms with Crippen LogP contribution in [0.5, 0.6) is 0 Å². The van der Waals surface area contributed by atoms with Crippen molar-refractivity contribution in [2.24, 2.45) is 11.8 Å². The maximum atomic E-state index is 3.50. The first-order chi connectivity index (χ1) is 7.81. The third-order valence-electron chi connectivity index (χ3n) is 3.76. The Kier molecular flexibility index (Phi) is 2.49. The van der Waals surface area contributed by atoms with E-state index in [-0.39, 0.29) is 0 Å². The lowest BCUT2D eigenvalue weighted by molar-refractivity contribution is 0.508. The molecule has 1 aliphatic carbocycles. The highest BCUT2D eigenvalue weighted by Crippen LogP contribution is 2.48. The maximum Gasteiger partial charge on any atom is 0.0363 e. The number of hydrogen-bond donors (Lipinski definition) is 1. The highest BCUT2D eigenvalue weighted by atomic mass is 32.1. The van der Waals surface area contributed by atoms with Gasteiger partial charge in [0.15, 0.2) is 0 Å². The molecule has 1 aromatic heterocycles. The molecule has 2 heteroatoms. The van der Waals surface area contributed by atoms with Gasteiger partial charge in [0, 0.05) is 10.7 Å². The van der Waals surface area contributed by atoms with E-state index in [0.717, 1.165) is 11.8 Å². The lowest BCUT2D eigenvalue weighted by Gasteiger charge is -2.15. The fourth-order valence-corrected chi connectivity index (χ4v) is 3.65. The lowest BCUT2D eigenvalue weighted by Crippen LogP contribution is -2.18. The monoisotopic (exact) mass is 231 g/mol. The second kappa shape index (κ2) is 3.86. The third-order valence-corrected chi connectivity index (χ3v) is 4.74. The van der Waals surface area contributed by atoms with Gasteiger partial charge in [0.25, 0.3) is 0 Å². The fraction of sp³-hybridized carbons (Fsp3) is 0.429. The van der Waals surface area contributed by atoms with Crippen LogP contribution < -0.4 is 5.32 Å². The minimum absolute atomic E-state index is 0.547. The molecular formula is C14H17NS. The molecule has 0 amide bonds.